The predicted molar refractivity (Wildman–Crippen MR) is 104 cm³/mol. The van der Waals surface area contributed by atoms with E-state index in [9.17, 15) is 0 Å². The fraction of sp³-hybridized carbons (Fsp3) is 0. The molecule has 0 atom stereocenters. The van der Waals surface area contributed by atoms with E-state index in [0.29, 0.717) is 0 Å². The summed E-state index contributed by atoms with van der Waals surface area (Å²) in [4.78, 5) is 5.05. The molecule has 130 valence electrons. The number of hydrogen-bond donors (Lipinski definition) is 0. The summed E-state index contributed by atoms with van der Waals surface area (Å²) in [6.45, 7) is 0. The number of fused-ring (bicyclic) bond motifs is 3. The molecule has 2 aromatic heterocycles. The largest absolute Gasteiger partial charge is 1.00 e. The zero-order valence-corrected chi connectivity index (χ0v) is 15.2. The van der Waals surface area contributed by atoms with Gasteiger partial charge in [0.2, 0.25) is 5.69 Å². The van der Waals surface area contributed by atoms with E-state index >= 15 is 0 Å². The van der Waals surface area contributed by atoms with Gasteiger partial charge in [-0.3, -0.25) is 0 Å². The summed E-state index contributed by atoms with van der Waals surface area (Å²) in [5, 5.41) is 7.18. The van der Waals surface area contributed by atoms with Gasteiger partial charge in [-0.2, -0.15) is 0 Å². The maximum atomic E-state index is 5.05. The monoisotopic (exact) mass is 369 g/mol. The van der Waals surface area contributed by atoms with Gasteiger partial charge >= 0.3 is 5.65 Å². The van der Waals surface area contributed by atoms with E-state index in [4.69, 9.17) is 10.1 Å². The molecule has 5 rings (SSSR count). The Labute approximate surface area is 163 Å². The topological polar surface area (TPSA) is 29.9 Å². The van der Waals surface area contributed by atoms with Gasteiger partial charge in [-0.05, 0) is 22.5 Å². The van der Waals surface area contributed by atoms with Crippen molar-refractivity contribution in [3.05, 3.63) is 97.2 Å². The molecule has 0 bridgehead atoms. The highest BCUT2D eigenvalue weighted by Gasteiger charge is 2.21. The van der Waals surface area contributed by atoms with Crippen molar-refractivity contribution in [1.29, 1.82) is 0 Å². The average Bonchev–Trinajstić information content (AvgIpc) is 2.74. The minimum absolute atomic E-state index is 0. The standard InChI is InChI=1S/C23H16N3.ClH/c1-3-10-18(11-4-1)21-22(19-12-5-2-6-13-19)25-26-16-15-17-9-7-8-14-20(17)23(26)24-21;/h1-16H;1H/q+1;/p-1. The van der Waals surface area contributed by atoms with Crippen LogP contribution in [0, 0.1) is 0 Å². The van der Waals surface area contributed by atoms with Crippen LogP contribution in [0.1, 0.15) is 0 Å². The SMILES string of the molecule is [Cl-].c1ccc(-c2nc3c4ccccc4cc[n+]3nc2-c2ccccc2)cc1. The van der Waals surface area contributed by atoms with Crippen LogP contribution in [0.2, 0.25) is 0 Å². The van der Waals surface area contributed by atoms with Gasteiger partial charge in [-0.15, -0.1) is 4.52 Å². The molecule has 2 heterocycles. The molecule has 27 heavy (non-hydrogen) atoms. The highest BCUT2D eigenvalue weighted by molar-refractivity contribution is 5.92. The molecule has 0 spiro atoms. The van der Waals surface area contributed by atoms with Gasteiger partial charge in [0.25, 0.3) is 0 Å². The Morgan fingerprint density at radius 1 is 0.593 bits per heavy atom. The van der Waals surface area contributed by atoms with Gasteiger partial charge in [-0.25, -0.2) is 0 Å². The Morgan fingerprint density at radius 2 is 1.19 bits per heavy atom. The first-order chi connectivity index (χ1) is 12.9. The average molecular weight is 370 g/mol. The second-order valence-corrected chi connectivity index (χ2v) is 6.21. The first-order valence-corrected chi connectivity index (χ1v) is 8.62. The molecule has 0 fully saturated rings. The maximum Gasteiger partial charge on any atom is 0.356 e. The summed E-state index contributed by atoms with van der Waals surface area (Å²) < 4.78 is 1.87. The van der Waals surface area contributed by atoms with Crippen molar-refractivity contribution in [1.82, 2.24) is 10.1 Å². The van der Waals surface area contributed by atoms with Crippen LogP contribution in [-0.4, -0.2) is 10.1 Å². The van der Waals surface area contributed by atoms with Crippen molar-refractivity contribution in [2.75, 3.05) is 0 Å². The quantitative estimate of drug-likeness (QED) is 0.350. The van der Waals surface area contributed by atoms with Crippen LogP contribution in [0.25, 0.3) is 38.9 Å². The van der Waals surface area contributed by atoms with Gasteiger partial charge in [0.05, 0.1) is 5.39 Å². The van der Waals surface area contributed by atoms with Crippen molar-refractivity contribution in [3.63, 3.8) is 0 Å². The highest BCUT2D eigenvalue weighted by atomic mass is 35.5. The molecule has 4 heteroatoms. The van der Waals surface area contributed by atoms with Gasteiger partial charge in [0.1, 0.15) is 6.20 Å². The minimum Gasteiger partial charge on any atom is -1.00 e. The van der Waals surface area contributed by atoms with Gasteiger partial charge in [-0.1, -0.05) is 84.0 Å². The van der Waals surface area contributed by atoms with Crippen molar-refractivity contribution in [2.45, 2.75) is 0 Å². The Kier molecular flexibility index (Phi) is 4.53. The summed E-state index contributed by atoms with van der Waals surface area (Å²) in [6, 6.07) is 30.8. The zero-order chi connectivity index (χ0) is 17.3. The fourth-order valence-electron chi connectivity index (χ4n) is 3.28. The second kappa shape index (κ2) is 7.14. The number of nitrogens with zero attached hydrogens (tertiary/aromatic N) is 3. The summed E-state index contributed by atoms with van der Waals surface area (Å²) >= 11 is 0. The zero-order valence-electron chi connectivity index (χ0n) is 14.5. The molecule has 0 saturated heterocycles. The molecule has 0 N–H and O–H groups in total. The smallest absolute Gasteiger partial charge is 0.356 e. The molecule has 0 aliphatic carbocycles. The number of hydrogen-bond acceptors (Lipinski definition) is 2. The number of halogens is 1. The third-order valence-electron chi connectivity index (χ3n) is 4.56. The molecular weight excluding hydrogens is 354 g/mol. The second-order valence-electron chi connectivity index (χ2n) is 6.21. The van der Waals surface area contributed by atoms with Gasteiger partial charge in [0, 0.05) is 11.1 Å². The number of rotatable bonds is 2. The molecule has 0 unspecified atom stereocenters. The number of pyridine rings is 1. The van der Waals surface area contributed by atoms with E-state index < -0.39 is 0 Å². The van der Waals surface area contributed by atoms with E-state index in [-0.39, 0.29) is 12.4 Å². The van der Waals surface area contributed by atoms with Gasteiger partial charge in [0.15, 0.2) is 5.69 Å². The molecule has 3 aromatic carbocycles. The van der Waals surface area contributed by atoms with E-state index in [1.54, 1.807) is 0 Å². The molecule has 0 aliphatic rings. The van der Waals surface area contributed by atoms with Crippen molar-refractivity contribution in [3.8, 4) is 22.5 Å². The summed E-state index contributed by atoms with van der Waals surface area (Å²) in [6.07, 6.45) is 1.98. The molecule has 0 saturated carbocycles. The molecule has 3 nitrogen and oxygen atoms in total. The predicted octanol–water partition coefficient (Wildman–Crippen LogP) is 1.71. The van der Waals surface area contributed by atoms with E-state index in [1.165, 1.54) is 0 Å². The van der Waals surface area contributed by atoms with Gasteiger partial charge < -0.3 is 12.4 Å². The summed E-state index contributed by atoms with van der Waals surface area (Å²) in [5.41, 5.74) is 4.76. The lowest BCUT2D eigenvalue weighted by Gasteiger charge is -2.05. The van der Waals surface area contributed by atoms with Crippen LogP contribution in [-0.2, 0) is 0 Å². The number of benzene rings is 3. The summed E-state index contributed by atoms with van der Waals surface area (Å²) in [5.74, 6) is 0. The van der Waals surface area contributed by atoms with Crippen molar-refractivity contribution in [2.24, 2.45) is 0 Å². The molecular formula is C23H16ClN3. The van der Waals surface area contributed by atoms with Crippen LogP contribution < -0.4 is 16.9 Å². The van der Waals surface area contributed by atoms with Crippen LogP contribution in [0.3, 0.4) is 0 Å². The molecule has 0 radical (unpaired) electrons. The lowest BCUT2D eigenvalue weighted by Crippen LogP contribution is -3.00. The summed E-state index contributed by atoms with van der Waals surface area (Å²) in [7, 11) is 0. The third kappa shape index (κ3) is 3.03. The molecule has 0 amide bonds. The van der Waals surface area contributed by atoms with E-state index in [2.05, 4.69) is 42.5 Å². The maximum absolute atomic E-state index is 5.05. The Balaban J connectivity index is 0.00000180. The third-order valence-corrected chi connectivity index (χ3v) is 4.56. The lowest BCUT2D eigenvalue weighted by molar-refractivity contribution is -0.580. The van der Waals surface area contributed by atoms with Crippen molar-refractivity contribution >= 4 is 16.4 Å². The van der Waals surface area contributed by atoms with E-state index in [0.717, 1.165) is 38.9 Å². The molecule has 0 aliphatic heterocycles. The molecule has 5 aromatic rings. The normalized spacial score (nSPS) is 10.7. The van der Waals surface area contributed by atoms with Crippen LogP contribution in [0.4, 0.5) is 0 Å². The van der Waals surface area contributed by atoms with Crippen LogP contribution in [0.15, 0.2) is 97.2 Å². The minimum atomic E-state index is 0. The lowest BCUT2D eigenvalue weighted by atomic mass is 10.0. The first kappa shape index (κ1) is 17.1. The van der Waals surface area contributed by atoms with Crippen LogP contribution >= 0.6 is 0 Å². The van der Waals surface area contributed by atoms with Crippen LogP contribution in [0.5, 0.6) is 0 Å². The van der Waals surface area contributed by atoms with Crippen molar-refractivity contribution < 1.29 is 16.9 Å². The Hall–Kier alpha value is -3.30. The fourth-order valence-corrected chi connectivity index (χ4v) is 3.28. The Morgan fingerprint density at radius 3 is 1.89 bits per heavy atom. The first-order valence-electron chi connectivity index (χ1n) is 8.62. The Bertz CT molecular complexity index is 1220. The highest BCUT2D eigenvalue weighted by Crippen LogP contribution is 2.28. The van der Waals surface area contributed by atoms with E-state index in [1.807, 2.05) is 59.2 Å². The number of aromatic nitrogens is 3.